The number of carbonyl (C=O) groups is 1. The lowest BCUT2D eigenvalue weighted by Crippen LogP contribution is -2.07. The average Bonchev–Trinajstić information content (AvgIpc) is 2.94. The van der Waals surface area contributed by atoms with Crippen LogP contribution in [0.1, 0.15) is 28.7 Å². The summed E-state index contributed by atoms with van der Waals surface area (Å²) in [6.07, 6.45) is 0.581. The third kappa shape index (κ3) is 2.87. The maximum Gasteiger partial charge on any atom is 0.353 e. The van der Waals surface area contributed by atoms with Gasteiger partial charge in [0.1, 0.15) is 11.8 Å². The average molecular weight is 365 g/mol. The lowest BCUT2D eigenvalue weighted by molar-refractivity contribution is 0.0687. The van der Waals surface area contributed by atoms with Gasteiger partial charge in [-0.15, -0.1) is 0 Å². The molecular formula is C21H17ClN2O2. The molecule has 1 aromatic heterocycles. The molecule has 0 bridgehead atoms. The summed E-state index contributed by atoms with van der Waals surface area (Å²) >= 11 is 6.25. The molecule has 1 N–H and O–H groups in total. The number of aromatic carboxylic acids is 1. The number of benzene rings is 2. The number of carboxylic acids is 1. The smallest absolute Gasteiger partial charge is 0.353 e. The van der Waals surface area contributed by atoms with Crippen LogP contribution in [0.2, 0.25) is 5.02 Å². The summed E-state index contributed by atoms with van der Waals surface area (Å²) in [6.45, 7) is 1.91. The Morgan fingerprint density at radius 1 is 1.15 bits per heavy atom. The molecular weight excluding hydrogens is 348 g/mol. The second-order valence-electron chi connectivity index (χ2n) is 5.93. The van der Waals surface area contributed by atoms with Crippen LogP contribution in [-0.2, 0) is 13.5 Å². The van der Waals surface area contributed by atoms with Crippen molar-refractivity contribution in [3.05, 3.63) is 70.5 Å². The number of nitriles is 1. The van der Waals surface area contributed by atoms with Gasteiger partial charge in [0, 0.05) is 28.9 Å². The van der Waals surface area contributed by atoms with E-state index in [2.05, 4.69) is 6.07 Å². The van der Waals surface area contributed by atoms with E-state index in [-0.39, 0.29) is 5.69 Å². The van der Waals surface area contributed by atoms with Crippen LogP contribution >= 0.6 is 11.6 Å². The largest absolute Gasteiger partial charge is 0.477 e. The SMILES string of the molecule is CCc1c(C#N)c(-c2ccc(-c3ccccc3Cl)cc2)c(C(=O)O)n1C. The number of hydrogen-bond acceptors (Lipinski definition) is 2. The number of aromatic nitrogens is 1. The van der Waals surface area contributed by atoms with Gasteiger partial charge in [0.25, 0.3) is 0 Å². The van der Waals surface area contributed by atoms with Crippen molar-refractivity contribution in [3.8, 4) is 28.3 Å². The van der Waals surface area contributed by atoms with E-state index in [4.69, 9.17) is 11.6 Å². The van der Waals surface area contributed by atoms with Crippen LogP contribution in [0, 0.1) is 11.3 Å². The summed E-state index contributed by atoms with van der Waals surface area (Å²) < 4.78 is 1.60. The predicted octanol–water partition coefficient (Wildman–Crippen LogP) is 5.14. The van der Waals surface area contributed by atoms with Gasteiger partial charge in [-0.25, -0.2) is 4.79 Å². The molecule has 0 spiro atoms. The Labute approximate surface area is 156 Å². The number of halogens is 1. The zero-order valence-corrected chi connectivity index (χ0v) is 15.2. The number of rotatable bonds is 4. The van der Waals surface area contributed by atoms with Crippen LogP contribution in [0.5, 0.6) is 0 Å². The number of hydrogen-bond donors (Lipinski definition) is 1. The van der Waals surface area contributed by atoms with Gasteiger partial charge in [0.15, 0.2) is 0 Å². The first-order valence-corrected chi connectivity index (χ1v) is 8.57. The minimum Gasteiger partial charge on any atom is -0.477 e. The normalized spacial score (nSPS) is 10.5. The number of carboxylic acid groups (broad SMARTS) is 1. The van der Waals surface area contributed by atoms with Crippen molar-refractivity contribution in [3.63, 3.8) is 0 Å². The Morgan fingerprint density at radius 3 is 2.31 bits per heavy atom. The Morgan fingerprint density at radius 2 is 1.77 bits per heavy atom. The van der Waals surface area contributed by atoms with Crippen molar-refractivity contribution in [1.29, 1.82) is 5.26 Å². The maximum atomic E-state index is 11.8. The Bertz CT molecular complexity index is 1030. The molecule has 130 valence electrons. The molecule has 5 heteroatoms. The van der Waals surface area contributed by atoms with Crippen molar-refractivity contribution in [2.75, 3.05) is 0 Å². The minimum atomic E-state index is -1.05. The molecule has 0 fully saturated rings. The molecule has 0 amide bonds. The summed E-state index contributed by atoms with van der Waals surface area (Å²) in [5.74, 6) is -1.05. The van der Waals surface area contributed by atoms with E-state index in [0.29, 0.717) is 28.1 Å². The lowest BCUT2D eigenvalue weighted by Gasteiger charge is -2.07. The highest BCUT2D eigenvalue weighted by Gasteiger charge is 2.25. The van der Waals surface area contributed by atoms with Crippen LogP contribution in [0.15, 0.2) is 48.5 Å². The van der Waals surface area contributed by atoms with Gasteiger partial charge in [-0.1, -0.05) is 61.0 Å². The predicted molar refractivity (Wildman–Crippen MR) is 102 cm³/mol. The standard InChI is InChI=1S/C21H17ClN2O2/c1-3-18-16(12-23)19(20(21(25)26)24(18)2)14-10-8-13(9-11-14)15-6-4-5-7-17(15)22/h4-11H,3H2,1-2H3,(H,25,26). The van der Waals surface area contributed by atoms with Crippen molar-refractivity contribution in [2.24, 2.45) is 7.05 Å². The molecule has 2 aromatic carbocycles. The van der Waals surface area contributed by atoms with E-state index >= 15 is 0 Å². The Hall–Kier alpha value is -3.03. The maximum absolute atomic E-state index is 11.8. The summed E-state index contributed by atoms with van der Waals surface area (Å²) in [4.78, 5) is 11.8. The van der Waals surface area contributed by atoms with Crippen LogP contribution in [-0.4, -0.2) is 15.6 Å². The zero-order valence-electron chi connectivity index (χ0n) is 14.5. The Kier molecular flexibility index (Phi) is 4.83. The molecule has 0 saturated carbocycles. The highest BCUT2D eigenvalue weighted by molar-refractivity contribution is 6.33. The van der Waals surface area contributed by atoms with Gasteiger partial charge in [0.05, 0.1) is 5.56 Å². The third-order valence-electron chi connectivity index (χ3n) is 4.52. The quantitative estimate of drug-likeness (QED) is 0.696. The fourth-order valence-corrected chi connectivity index (χ4v) is 3.56. The van der Waals surface area contributed by atoms with E-state index in [1.807, 2.05) is 55.5 Å². The first-order valence-electron chi connectivity index (χ1n) is 8.19. The van der Waals surface area contributed by atoms with Gasteiger partial charge < -0.3 is 9.67 Å². The zero-order chi connectivity index (χ0) is 18.8. The summed E-state index contributed by atoms with van der Waals surface area (Å²) in [7, 11) is 1.69. The summed E-state index contributed by atoms with van der Waals surface area (Å²) in [5.41, 5.74) is 4.26. The monoisotopic (exact) mass is 364 g/mol. The topological polar surface area (TPSA) is 66.0 Å². The molecule has 0 unspecified atom stereocenters. The third-order valence-corrected chi connectivity index (χ3v) is 4.85. The second kappa shape index (κ2) is 7.07. The van der Waals surface area contributed by atoms with Gasteiger partial charge >= 0.3 is 5.97 Å². The van der Waals surface area contributed by atoms with Crippen LogP contribution < -0.4 is 0 Å². The molecule has 0 atom stereocenters. The molecule has 1 heterocycles. The molecule has 0 saturated heterocycles. The van der Waals surface area contributed by atoms with Crippen molar-refractivity contribution in [1.82, 2.24) is 4.57 Å². The fraction of sp³-hybridized carbons (Fsp3) is 0.143. The highest BCUT2D eigenvalue weighted by atomic mass is 35.5. The van der Waals surface area contributed by atoms with Crippen molar-refractivity contribution < 1.29 is 9.90 Å². The van der Waals surface area contributed by atoms with Gasteiger partial charge in [-0.2, -0.15) is 5.26 Å². The van der Waals surface area contributed by atoms with E-state index in [9.17, 15) is 15.2 Å². The van der Waals surface area contributed by atoms with Crippen LogP contribution in [0.4, 0.5) is 0 Å². The number of nitrogens with zero attached hydrogens (tertiary/aromatic N) is 2. The summed E-state index contributed by atoms with van der Waals surface area (Å²) in [5, 5.41) is 19.9. The van der Waals surface area contributed by atoms with Gasteiger partial charge in [-0.3, -0.25) is 0 Å². The Balaban J connectivity index is 2.18. The molecule has 4 nitrogen and oxygen atoms in total. The molecule has 3 aromatic rings. The second-order valence-corrected chi connectivity index (χ2v) is 6.34. The minimum absolute atomic E-state index is 0.129. The first kappa shape index (κ1) is 17.8. The van der Waals surface area contributed by atoms with Gasteiger partial charge in [-0.05, 0) is 23.6 Å². The van der Waals surface area contributed by atoms with E-state index in [1.165, 1.54) is 0 Å². The van der Waals surface area contributed by atoms with Crippen molar-refractivity contribution in [2.45, 2.75) is 13.3 Å². The lowest BCUT2D eigenvalue weighted by atomic mass is 9.97. The molecule has 0 aliphatic rings. The molecule has 26 heavy (non-hydrogen) atoms. The summed E-state index contributed by atoms with van der Waals surface area (Å²) in [6, 6.07) is 17.2. The van der Waals surface area contributed by atoms with Crippen LogP contribution in [0.25, 0.3) is 22.3 Å². The van der Waals surface area contributed by atoms with E-state index in [0.717, 1.165) is 16.8 Å². The first-order chi connectivity index (χ1) is 12.5. The van der Waals surface area contributed by atoms with Gasteiger partial charge in [0.2, 0.25) is 0 Å². The van der Waals surface area contributed by atoms with E-state index < -0.39 is 5.97 Å². The molecule has 3 rings (SSSR count). The molecule has 0 aliphatic carbocycles. The van der Waals surface area contributed by atoms with E-state index in [1.54, 1.807) is 11.6 Å². The van der Waals surface area contributed by atoms with Crippen molar-refractivity contribution >= 4 is 17.6 Å². The highest BCUT2D eigenvalue weighted by Crippen LogP contribution is 2.35. The fourth-order valence-electron chi connectivity index (χ4n) is 3.31. The molecule has 0 aliphatic heterocycles. The molecule has 0 radical (unpaired) electrons. The van der Waals surface area contributed by atoms with Crippen LogP contribution in [0.3, 0.4) is 0 Å².